The van der Waals surface area contributed by atoms with Crippen LogP contribution in [0.15, 0.2) is 42.6 Å². The molecule has 2 rings (SSSR count). The van der Waals surface area contributed by atoms with Crippen LogP contribution < -0.4 is 5.32 Å². The third-order valence-electron chi connectivity index (χ3n) is 2.82. The van der Waals surface area contributed by atoms with Crippen LogP contribution in [-0.2, 0) is 6.42 Å². The maximum atomic E-state index is 12.8. The van der Waals surface area contributed by atoms with E-state index >= 15 is 0 Å². The summed E-state index contributed by atoms with van der Waals surface area (Å²) in [5, 5.41) is 3.21. The molecular formula is C15H14ClFN2O. The second kappa shape index (κ2) is 6.48. The van der Waals surface area contributed by atoms with Gasteiger partial charge in [-0.05, 0) is 43.2 Å². The van der Waals surface area contributed by atoms with Crippen molar-refractivity contribution in [1.29, 1.82) is 0 Å². The van der Waals surface area contributed by atoms with Gasteiger partial charge in [0, 0.05) is 12.2 Å². The van der Waals surface area contributed by atoms with E-state index in [0.717, 1.165) is 5.56 Å². The molecule has 1 N–H and O–H groups in total. The van der Waals surface area contributed by atoms with Gasteiger partial charge in [-0.15, -0.1) is 0 Å². The SMILES string of the molecule is CC(Cc1ccc(F)cc1)NC(=O)c1ccc(Cl)nc1. The Kier molecular flexibility index (Phi) is 4.69. The van der Waals surface area contributed by atoms with Gasteiger partial charge in [-0.2, -0.15) is 0 Å². The fraction of sp³-hybridized carbons (Fsp3) is 0.200. The van der Waals surface area contributed by atoms with Crippen molar-refractivity contribution >= 4 is 17.5 Å². The Hall–Kier alpha value is -1.94. The van der Waals surface area contributed by atoms with Crippen LogP contribution >= 0.6 is 11.6 Å². The van der Waals surface area contributed by atoms with Crippen LogP contribution in [0.5, 0.6) is 0 Å². The number of carbonyl (C=O) groups excluding carboxylic acids is 1. The molecule has 104 valence electrons. The van der Waals surface area contributed by atoms with Gasteiger partial charge in [0.2, 0.25) is 0 Å². The smallest absolute Gasteiger partial charge is 0.253 e. The van der Waals surface area contributed by atoms with Crippen LogP contribution in [0.1, 0.15) is 22.8 Å². The first kappa shape index (κ1) is 14.5. The van der Waals surface area contributed by atoms with Gasteiger partial charge in [-0.3, -0.25) is 4.79 Å². The standard InChI is InChI=1S/C15H14ClFN2O/c1-10(8-11-2-5-13(17)6-3-11)19-15(20)12-4-7-14(16)18-9-12/h2-7,9-10H,8H2,1H3,(H,19,20). The van der Waals surface area contributed by atoms with E-state index < -0.39 is 0 Å². The summed E-state index contributed by atoms with van der Waals surface area (Å²) in [6.07, 6.45) is 2.06. The van der Waals surface area contributed by atoms with Gasteiger partial charge in [-0.1, -0.05) is 23.7 Å². The molecule has 0 spiro atoms. The summed E-state index contributed by atoms with van der Waals surface area (Å²) >= 11 is 5.67. The number of carbonyl (C=O) groups is 1. The van der Waals surface area contributed by atoms with Crippen molar-refractivity contribution in [2.45, 2.75) is 19.4 Å². The molecule has 0 aliphatic carbocycles. The fourth-order valence-corrected chi connectivity index (χ4v) is 1.95. The molecule has 3 nitrogen and oxygen atoms in total. The summed E-state index contributed by atoms with van der Waals surface area (Å²) in [4.78, 5) is 15.8. The minimum absolute atomic E-state index is 0.0661. The van der Waals surface area contributed by atoms with Gasteiger partial charge in [0.1, 0.15) is 11.0 Å². The molecule has 1 unspecified atom stereocenters. The highest BCUT2D eigenvalue weighted by Gasteiger charge is 2.10. The van der Waals surface area contributed by atoms with Crippen LogP contribution in [0, 0.1) is 5.82 Å². The molecule has 5 heteroatoms. The number of aromatic nitrogens is 1. The van der Waals surface area contributed by atoms with Gasteiger partial charge in [0.05, 0.1) is 5.56 Å². The van der Waals surface area contributed by atoms with Crippen molar-refractivity contribution in [3.05, 3.63) is 64.7 Å². The quantitative estimate of drug-likeness (QED) is 0.879. The van der Waals surface area contributed by atoms with Crippen LogP contribution in [0.3, 0.4) is 0 Å². The van der Waals surface area contributed by atoms with E-state index in [2.05, 4.69) is 10.3 Å². The van der Waals surface area contributed by atoms with Crippen molar-refractivity contribution < 1.29 is 9.18 Å². The summed E-state index contributed by atoms with van der Waals surface area (Å²) in [5.41, 5.74) is 1.42. The van der Waals surface area contributed by atoms with E-state index in [-0.39, 0.29) is 17.8 Å². The molecule has 0 aliphatic heterocycles. The van der Waals surface area contributed by atoms with Crippen molar-refractivity contribution in [1.82, 2.24) is 10.3 Å². The number of halogens is 2. The van der Waals surface area contributed by atoms with Crippen molar-refractivity contribution in [3.8, 4) is 0 Å². The van der Waals surface area contributed by atoms with E-state index in [0.29, 0.717) is 17.1 Å². The van der Waals surface area contributed by atoms with E-state index in [4.69, 9.17) is 11.6 Å². The highest BCUT2D eigenvalue weighted by Crippen LogP contribution is 2.08. The molecule has 20 heavy (non-hydrogen) atoms. The maximum absolute atomic E-state index is 12.8. The molecule has 1 heterocycles. The lowest BCUT2D eigenvalue weighted by Crippen LogP contribution is -2.34. The minimum Gasteiger partial charge on any atom is -0.349 e. The van der Waals surface area contributed by atoms with Gasteiger partial charge in [0.25, 0.3) is 5.91 Å². The van der Waals surface area contributed by atoms with E-state index in [9.17, 15) is 9.18 Å². The van der Waals surface area contributed by atoms with Crippen LogP contribution in [0.25, 0.3) is 0 Å². The number of rotatable bonds is 4. The average molecular weight is 293 g/mol. The number of nitrogens with zero attached hydrogens (tertiary/aromatic N) is 1. The zero-order chi connectivity index (χ0) is 14.5. The van der Waals surface area contributed by atoms with Crippen LogP contribution in [0.2, 0.25) is 5.15 Å². The number of hydrogen-bond donors (Lipinski definition) is 1. The minimum atomic E-state index is -0.266. The lowest BCUT2D eigenvalue weighted by molar-refractivity contribution is 0.0939. The van der Waals surface area contributed by atoms with E-state index in [1.165, 1.54) is 18.3 Å². The molecule has 1 aromatic carbocycles. The largest absolute Gasteiger partial charge is 0.349 e. The highest BCUT2D eigenvalue weighted by molar-refractivity contribution is 6.29. The summed E-state index contributed by atoms with van der Waals surface area (Å²) < 4.78 is 12.8. The fourth-order valence-electron chi connectivity index (χ4n) is 1.84. The number of nitrogens with one attached hydrogen (secondary N) is 1. The summed E-state index contributed by atoms with van der Waals surface area (Å²) in [7, 11) is 0. The molecular weight excluding hydrogens is 279 g/mol. The monoisotopic (exact) mass is 292 g/mol. The number of amides is 1. The Morgan fingerprint density at radius 2 is 2.00 bits per heavy atom. The maximum Gasteiger partial charge on any atom is 0.253 e. The van der Waals surface area contributed by atoms with Crippen molar-refractivity contribution in [2.24, 2.45) is 0 Å². The van der Waals surface area contributed by atoms with Gasteiger partial charge in [0.15, 0.2) is 0 Å². The summed E-state index contributed by atoms with van der Waals surface area (Å²) in [5.74, 6) is -0.471. The number of pyridine rings is 1. The zero-order valence-corrected chi connectivity index (χ0v) is 11.7. The lowest BCUT2D eigenvalue weighted by atomic mass is 10.1. The average Bonchev–Trinajstić information content (AvgIpc) is 2.42. The Bertz CT molecular complexity index is 584. The second-order valence-corrected chi connectivity index (χ2v) is 4.96. The molecule has 1 atom stereocenters. The summed E-state index contributed by atoms with van der Waals surface area (Å²) in [6.45, 7) is 1.89. The van der Waals surface area contributed by atoms with Crippen molar-refractivity contribution in [3.63, 3.8) is 0 Å². The predicted molar refractivity (Wildman–Crippen MR) is 76.3 cm³/mol. The second-order valence-electron chi connectivity index (χ2n) is 4.57. The first-order valence-electron chi connectivity index (χ1n) is 6.21. The molecule has 0 bridgehead atoms. The predicted octanol–water partition coefficient (Wildman–Crippen LogP) is 3.24. The summed E-state index contributed by atoms with van der Waals surface area (Å²) in [6, 6.07) is 9.36. The normalized spacial score (nSPS) is 11.9. The molecule has 2 aromatic rings. The zero-order valence-electron chi connectivity index (χ0n) is 10.9. The van der Waals surface area contributed by atoms with E-state index in [1.807, 2.05) is 6.92 Å². The van der Waals surface area contributed by atoms with Crippen LogP contribution in [0.4, 0.5) is 4.39 Å². The Balaban J connectivity index is 1.93. The molecule has 1 aromatic heterocycles. The Labute approximate surface area is 121 Å². The molecule has 1 amide bonds. The van der Waals surface area contributed by atoms with Gasteiger partial charge < -0.3 is 5.32 Å². The number of benzene rings is 1. The number of hydrogen-bond acceptors (Lipinski definition) is 2. The van der Waals surface area contributed by atoms with E-state index in [1.54, 1.807) is 24.3 Å². The Morgan fingerprint density at radius 1 is 1.30 bits per heavy atom. The highest BCUT2D eigenvalue weighted by atomic mass is 35.5. The Morgan fingerprint density at radius 3 is 2.60 bits per heavy atom. The van der Waals surface area contributed by atoms with Crippen LogP contribution in [-0.4, -0.2) is 16.9 Å². The molecule has 0 saturated heterocycles. The first-order valence-corrected chi connectivity index (χ1v) is 6.59. The lowest BCUT2D eigenvalue weighted by Gasteiger charge is -2.14. The third-order valence-corrected chi connectivity index (χ3v) is 3.05. The van der Waals surface area contributed by atoms with Gasteiger partial charge in [-0.25, -0.2) is 9.37 Å². The van der Waals surface area contributed by atoms with Crippen molar-refractivity contribution in [2.75, 3.05) is 0 Å². The van der Waals surface area contributed by atoms with Gasteiger partial charge >= 0.3 is 0 Å². The molecule has 0 saturated carbocycles. The third kappa shape index (κ3) is 4.03. The first-order chi connectivity index (χ1) is 9.54. The molecule has 0 aliphatic rings. The topological polar surface area (TPSA) is 42.0 Å². The molecule has 0 fully saturated rings. The molecule has 0 radical (unpaired) electrons.